The van der Waals surface area contributed by atoms with Gasteiger partial charge in [-0.05, 0) is 68.3 Å². The lowest BCUT2D eigenvalue weighted by atomic mass is 10.1. The molecule has 1 N–H and O–H groups in total. The van der Waals surface area contributed by atoms with E-state index in [1.807, 2.05) is 6.92 Å². The summed E-state index contributed by atoms with van der Waals surface area (Å²) in [4.78, 5) is 14.8. The maximum Gasteiger partial charge on any atom is 0.261 e. The summed E-state index contributed by atoms with van der Waals surface area (Å²) in [6, 6.07) is 18.9. The van der Waals surface area contributed by atoms with E-state index >= 15 is 0 Å². The molecule has 1 amide bonds. The third kappa shape index (κ3) is 5.51. The second-order valence-corrected chi connectivity index (χ2v) is 9.53. The van der Waals surface area contributed by atoms with Gasteiger partial charge < -0.3 is 9.64 Å². The number of amides is 1. The topological polar surface area (TPSA) is 75.7 Å². The van der Waals surface area contributed by atoms with Crippen molar-refractivity contribution in [3.05, 3.63) is 89.7 Å². The van der Waals surface area contributed by atoms with Gasteiger partial charge in [-0.15, -0.1) is 0 Å². The molecule has 1 fully saturated rings. The van der Waals surface area contributed by atoms with Gasteiger partial charge in [0.1, 0.15) is 11.6 Å². The molecule has 0 radical (unpaired) electrons. The monoisotopic (exact) mass is 468 g/mol. The van der Waals surface area contributed by atoms with E-state index in [4.69, 9.17) is 4.74 Å². The van der Waals surface area contributed by atoms with E-state index in [0.717, 1.165) is 12.8 Å². The Morgan fingerprint density at radius 3 is 2.45 bits per heavy atom. The van der Waals surface area contributed by atoms with E-state index in [0.29, 0.717) is 23.6 Å². The lowest BCUT2D eigenvalue weighted by molar-refractivity contribution is 0.0728. The van der Waals surface area contributed by atoms with Crippen molar-refractivity contribution in [2.75, 3.05) is 11.3 Å². The number of carbonyl (C=O) groups is 1. The molecule has 0 aromatic heterocycles. The molecule has 3 aromatic rings. The van der Waals surface area contributed by atoms with Gasteiger partial charge in [0.25, 0.3) is 15.9 Å². The first-order valence-corrected chi connectivity index (χ1v) is 12.3. The molecule has 1 saturated carbocycles. The minimum atomic E-state index is -3.91. The fraction of sp³-hybridized carbons (Fsp3) is 0.240. The minimum absolute atomic E-state index is 0.0242. The SMILES string of the molecule is CCOc1ccc(NS(=O)(=O)c2cccc(C(=O)N(Cc3ccccc3F)C3CC3)c2)cc1. The van der Waals surface area contributed by atoms with Crippen LogP contribution in [0.1, 0.15) is 35.7 Å². The molecule has 6 nitrogen and oxygen atoms in total. The van der Waals surface area contributed by atoms with Crippen LogP contribution in [0.25, 0.3) is 0 Å². The van der Waals surface area contributed by atoms with E-state index in [9.17, 15) is 17.6 Å². The number of ether oxygens (including phenoxy) is 1. The predicted molar refractivity (Wildman–Crippen MR) is 124 cm³/mol. The van der Waals surface area contributed by atoms with Gasteiger partial charge in [-0.3, -0.25) is 9.52 Å². The summed E-state index contributed by atoms with van der Waals surface area (Å²) in [5.41, 5.74) is 1.06. The Morgan fingerprint density at radius 2 is 1.79 bits per heavy atom. The van der Waals surface area contributed by atoms with Crippen molar-refractivity contribution in [3.8, 4) is 5.75 Å². The standard InChI is InChI=1S/C25H25FN2O4S/c1-2-32-22-14-10-20(11-15-22)27-33(30,31)23-8-5-7-18(16-23)25(29)28(21-12-13-21)17-19-6-3-4-9-24(19)26/h3-11,14-16,21,27H,2,12-13,17H2,1H3. The van der Waals surface area contributed by atoms with Crippen LogP contribution in [-0.2, 0) is 16.6 Å². The smallest absolute Gasteiger partial charge is 0.261 e. The molecule has 3 aromatic carbocycles. The molecule has 8 heteroatoms. The Labute approximate surface area is 193 Å². The molecule has 1 aliphatic carbocycles. The summed E-state index contributed by atoms with van der Waals surface area (Å²) in [5.74, 6) is -0.0474. The van der Waals surface area contributed by atoms with Crippen LogP contribution in [0.4, 0.5) is 10.1 Å². The first-order chi connectivity index (χ1) is 15.9. The number of halogens is 1. The molecular weight excluding hydrogens is 443 g/mol. The molecule has 1 aliphatic rings. The molecule has 0 saturated heterocycles. The number of hydrogen-bond acceptors (Lipinski definition) is 4. The van der Waals surface area contributed by atoms with Crippen LogP contribution in [0.2, 0.25) is 0 Å². The van der Waals surface area contributed by atoms with Crippen LogP contribution in [0.15, 0.2) is 77.7 Å². The van der Waals surface area contributed by atoms with E-state index in [1.54, 1.807) is 53.4 Å². The number of anilines is 1. The van der Waals surface area contributed by atoms with Crippen LogP contribution in [0.5, 0.6) is 5.75 Å². The molecule has 172 valence electrons. The predicted octanol–water partition coefficient (Wildman–Crippen LogP) is 4.83. The van der Waals surface area contributed by atoms with Crippen LogP contribution in [-0.4, -0.2) is 31.9 Å². The van der Waals surface area contributed by atoms with Crippen LogP contribution in [0, 0.1) is 5.82 Å². The fourth-order valence-corrected chi connectivity index (χ4v) is 4.63. The van der Waals surface area contributed by atoms with Crippen molar-refractivity contribution in [2.24, 2.45) is 0 Å². The number of carbonyl (C=O) groups excluding carboxylic acids is 1. The average molecular weight is 469 g/mol. The largest absolute Gasteiger partial charge is 0.494 e. The molecule has 0 heterocycles. The Kier molecular flexibility index (Phi) is 6.65. The highest BCUT2D eigenvalue weighted by atomic mass is 32.2. The molecule has 0 unspecified atom stereocenters. The van der Waals surface area contributed by atoms with Crippen LogP contribution in [0.3, 0.4) is 0 Å². The summed E-state index contributed by atoms with van der Waals surface area (Å²) in [7, 11) is -3.91. The zero-order valence-corrected chi connectivity index (χ0v) is 19.0. The van der Waals surface area contributed by atoms with E-state index in [-0.39, 0.29) is 34.8 Å². The Morgan fingerprint density at radius 1 is 1.06 bits per heavy atom. The maximum absolute atomic E-state index is 14.2. The summed E-state index contributed by atoms with van der Waals surface area (Å²) in [5, 5.41) is 0. The number of nitrogens with zero attached hydrogens (tertiary/aromatic N) is 1. The summed E-state index contributed by atoms with van der Waals surface area (Å²) >= 11 is 0. The van der Waals surface area contributed by atoms with Gasteiger partial charge in [0.05, 0.1) is 11.5 Å². The van der Waals surface area contributed by atoms with E-state index in [2.05, 4.69) is 4.72 Å². The van der Waals surface area contributed by atoms with Crippen molar-refractivity contribution in [3.63, 3.8) is 0 Å². The van der Waals surface area contributed by atoms with Gasteiger partial charge in [0, 0.05) is 29.4 Å². The molecule has 0 bridgehead atoms. The second kappa shape index (κ2) is 9.62. The molecule has 0 spiro atoms. The highest BCUT2D eigenvalue weighted by Crippen LogP contribution is 2.31. The Hall–Kier alpha value is -3.39. The minimum Gasteiger partial charge on any atom is -0.494 e. The summed E-state index contributed by atoms with van der Waals surface area (Å²) < 4.78 is 47.9. The van der Waals surface area contributed by atoms with Gasteiger partial charge in [-0.2, -0.15) is 0 Å². The van der Waals surface area contributed by atoms with Crippen molar-refractivity contribution in [1.82, 2.24) is 4.90 Å². The molecular formula is C25H25FN2O4S. The number of benzene rings is 3. The van der Waals surface area contributed by atoms with Crippen molar-refractivity contribution in [2.45, 2.75) is 37.2 Å². The summed E-state index contributed by atoms with van der Waals surface area (Å²) in [6.45, 7) is 2.52. The zero-order valence-electron chi connectivity index (χ0n) is 18.2. The molecule has 0 atom stereocenters. The van der Waals surface area contributed by atoms with Gasteiger partial charge in [-0.1, -0.05) is 24.3 Å². The van der Waals surface area contributed by atoms with E-state index in [1.165, 1.54) is 24.3 Å². The summed E-state index contributed by atoms with van der Waals surface area (Å²) in [6.07, 6.45) is 1.69. The number of rotatable bonds is 9. The second-order valence-electron chi connectivity index (χ2n) is 7.85. The Bertz CT molecular complexity index is 1240. The lowest BCUT2D eigenvalue weighted by Crippen LogP contribution is -2.33. The van der Waals surface area contributed by atoms with Crippen molar-refractivity contribution < 1.29 is 22.3 Å². The number of hydrogen-bond donors (Lipinski definition) is 1. The highest BCUT2D eigenvalue weighted by Gasteiger charge is 2.34. The fourth-order valence-electron chi connectivity index (χ4n) is 3.53. The van der Waals surface area contributed by atoms with Crippen LogP contribution < -0.4 is 9.46 Å². The lowest BCUT2D eigenvalue weighted by Gasteiger charge is -2.23. The van der Waals surface area contributed by atoms with Gasteiger partial charge in [-0.25, -0.2) is 12.8 Å². The Balaban J connectivity index is 1.54. The first kappa shape index (κ1) is 22.8. The van der Waals surface area contributed by atoms with Gasteiger partial charge in [0.2, 0.25) is 0 Å². The third-order valence-corrected chi connectivity index (χ3v) is 6.73. The molecule has 4 rings (SSSR count). The quantitative estimate of drug-likeness (QED) is 0.488. The van der Waals surface area contributed by atoms with Gasteiger partial charge in [0.15, 0.2) is 0 Å². The maximum atomic E-state index is 14.2. The third-order valence-electron chi connectivity index (χ3n) is 5.36. The van der Waals surface area contributed by atoms with Crippen LogP contribution >= 0.6 is 0 Å². The number of sulfonamides is 1. The number of nitrogens with one attached hydrogen (secondary N) is 1. The van der Waals surface area contributed by atoms with Crippen molar-refractivity contribution >= 4 is 21.6 Å². The highest BCUT2D eigenvalue weighted by molar-refractivity contribution is 7.92. The van der Waals surface area contributed by atoms with E-state index < -0.39 is 10.0 Å². The molecule has 33 heavy (non-hydrogen) atoms. The van der Waals surface area contributed by atoms with Crippen molar-refractivity contribution in [1.29, 1.82) is 0 Å². The molecule has 0 aliphatic heterocycles. The first-order valence-electron chi connectivity index (χ1n) is 10.8. The van der Waals surface area contributed by atoms with Gasteiger partial charge >= 0.3 is 0 Å². The average Bonchev–Trinajstić information content (AvgIpc) is 3.65. The normalized spacial score (nSPS) is 13.4. The zero-order chi connectivity index (χ0) is 23.4.